The summed E-state index contributed by atoms with van der Waals surface area (Å²) in [5.41, 5.74) is 0. The number of carbonyl (C=O) groups excluding carboxylic acids is 2. The Hall–Kier alpha value is -1.10. The maximum atomic E-state index is 12.3. The van der Waals surface area contributed by atoms with E-state index in [9.17, 15) is 9.59 Å². The van der Waals surface area contributed by atoms with E-state index in [-0.39, 0.29) is 18.4 Å². The van der Waals surface area contributed by atoms with E-state index in [2.05, 4.69) is 5.32 Å². The first-order valence-corrected chi connectivity index (χ1v) is 7.67. The van der Waals surface area contributed by atoms with Crippen LogP contribution in [0.3, 0.4) is 0 Å². The molecule has 0 aromatic rings. The molecule has 0 spiro atoms. The smallest absolute Gasteiger partial charge is 0.325 e. The lowest BCUT2D eigenvalue weighted by Gasteiger charge is -2.24. The van der Waals surface area contributed by atoms with Gasteiger partial charge in [0, 0.05) is 13.0 Å². The van der Waals surface area contributed by atoms with Crippen LogP contribution in [0.5, 0.6) is 0 Å². The van der Waals surface area contributed by atoms with Crippen molar-refractivity contribution in [1.82, 2.24) is 10.2 Å². The number of nitrogens with zero attached hydrogens (tertiary/aromatic N) is 1. The molecule has 1 saturated heterocycles. The molecule has 1 aliphatic rings. The Morgan fingerprint density at radius 2 is 2.15 bits per heavy atom. The van der Waals surface area contributed by atoms with Crippen LogP contribution < -0.4 is 5.32 Å². The van der Waals surface area contributed by atoms with E-state index in [0.717, 1.165) is 25.9 Å². The predicted molar refractivity (Wildman–Crippen MR) is 78.3 cm³/mol. The van der Waals surface area contributed by atoms with Crippen molar-refractivity contribution >= 4 is 11.9 Å². The molecule has 1 aliphatic heterocycles. The van der Waals surface area contributed by atoms with Crippen molar-refractivity contribution in [3.63, 3.8) is 0 Å². The van der Waals surface area contributed by atoms with Gasteiger partial charge in [0.2, 0.25) is 5.91 Å². The summed E-state index contributed by atoms with van der Waals surface area (Å²) < 4.78 is 4.94. The summed E-state index contributed by atoms with van der Waals surface area (Å²) in [4.78, 5) is 25.5. The molecule has 116 valence electrons. The first-order valence-electron chi connectivity index (χ1n) is 7.67. The molecule has 1 unspecified atom stereocenters. The molecule has 1 rings (SSSR count). The highest BCUT2D eigenvalue weighted by Crippen LogP contribution is 2.15. The van der Waals surface area contributed by atoms with Crippen LogP contribution in [0.2, 0.25) is 0 Å². The van der Waals surface area contributed by atoms with Crippen LogP contribution >= 0.6 is 0 Å². The minimum absolute atomic E-state index is 0.0682. The van der Waals surface area contributed by atoms with E-state index in [4.69, 9.17) is 4.74 Å². The number of hydrogen-bond donors (Lipinski definition) is 1. The normalized spacial score (nSPS) is 18.3. The van der Waals surface area contributed by atoms with Crippen molar-refractivity contribution in [2.45, 2.75) is 40.0 Å². The lowest BCUT2D eigenvalue weighted by molar-refractivity contribution is -0.149. The van der Waals surface area contributed by atoms with Crippen molar-refractivity contribution in [2.75, 3.05) is 32.8 Å². The Morgan fingerprint density at radius 3 is 2.70 bits per heavy atom. The number of nitrogens with one attached hydrogen (secondary N) is 1. The molecule has 0 bridgehead atoms. The highest BCUT2D eigenvalue weighted by Gasteiger charge is 2.21. The second-order valence-electron chi connectivity index (χ2n) is 5.87. The zero-order valence-electron chi connectivity index (χ0n) is 13.0. The number of rotatable bonds is 8. The fourth-order valence-electron chi connectivity index (χ4n) is 2.50. The number of carbonyl (C=O) groups is 2. The zero-order chi connectivity index (χ0) is 15.0. The van der Waals surface area contributed by atoms with Crippen LogP contribution in [0.25, 0.3) is 0 Å². The molecule has 1 amide bonds. The topological polar surface area (TPSA) is 58.6 Å². The highest BCUT2D eigenvalue weighted by atomic mass is 16.5. The first-order chi connectivity index (χ1) is 9.52. The first kappa shape index (κ1) is 17.0. The van der Waals surface area contributed by atoms with Crippen molar-refractivity contribution in [2.24, 2.45) is 11.8 Å². The van der Waals surface area contributed by atoms with E-state index in [1.165, 1.54) is 0 Å². The van der Waals surface area contributed by atoms with Gasteiger partial charge in [-0.25, -0.2) is 0 Å². The molecule has 1 N–H and O–H groups in total. The van der Waals surface area contributed by atoms with Crippen molar-refractivity contribution in [3.05, 3.63) is 0 Å². The Balaban J connectivity index is 2.43. The number of esters is 1. The lowest BCUT2D eigenvalue weighted by Crippen LogP contribution is -2.39. The molecule has 0 aliphatic carbocycles. The second kappa shape index (κ2) is 8.95. The fraction of sp³-hybridized carbons (Fsp3) is 0.867. The molecule has 1 fully saturated rings. The van der Waals surface area contributed by atoms with E-state index in [0.29, 0.717) is 31.4 Å². The SMILES string of the molecule is CCOC(=O)CN(CC(C)C)C(=O)CCC1CCNC1. The molecule has 0 saturated carbocycles. The van der Waals surface area contributed by atoms with Crippen molar-refractivity contribution in [3.8, 4) is 0 Å². The van der Waals surface area contributed by atoms with Crippen LogP contribution in [-0.4, -0.2) is 49.6 Å². The van der Waals surface area contributed by atoms with Gasteiger partial charge >= 0.3 is 5.97 Å². The van der Waals surface area contributed by atoms with Gasteiger partial charge in [-0.2, -0.15) is 0 Å². The Morgan fingerprint density at radius 1 is 1.40 bits per heavy atom. The molecule has 5 nitrogen and oxygen atoms in total. The largest absolute Gasteiger partial charge is 0.465 e. The van der Waals surface area contributed by atoms with Crippen molar-refractivity contribution in [1.29, 1.82) is 0 Å². The van der Waals surface area contributed by atoms with E-state index >= 15 is 0 Å². The predicted octanol–water partition coefficient (Wildman–Crippen LogP) is 1.42. The Bertz CT molecular complexity index is 312. The quantitative estimate of drug-likeness (QED) is 0.685. The summed E-state index contributed by atoms with van der Waals surface area (Å²) in [6, 6.07) is 0. The highest BCUT2D eigenvalue weighted by molar-refractivity contribution is 5.82. The standard InChI is InChI=1S/C15H28N2O3/c1-4-20-15(19)11-17(10-12(2)3)14(18)6-5-13-7-8-16-9-13/h12-13,16H,4-11H2,1-3H3. The molecular formula is C15H28N2O3. The Labute approximate surface area is 122 Å². The van der Waals surface area contributed by atoms with E-state index < -0.39 is 0 Å². The number of amides is 1. The summed E-state index contributed by atoms with van der Waals surface area (Å²) in [5.74, 6) is 0.701. The van der Waals surface area contributed by atoms with Gasteiger partial charge in [0.05, 0.1) is 6.61 Å². The van der Waals surface area contributed by atoms with Gasteiger partial charge in [-0.15, -0.1) is 0 Å². The van der Waals surface area contributed by atoms with Gasteiger partial charge in [-0.05, 0) is 44.7 Å². The molecule has 20 heavy (non-hydrogen) atoms. The minimum Gasteiger partial charge on any atom is -0.465 e. The third-order valence-electron chi connectivity index (χ3n) is 3.49. The summed E-state index contributed by atoms with van der Waals surface area (Å²) in [6.07, 6.45) is 2.58. The molecule has 1 heterocycles. The van der Waals surface area contributed by atoms with Crippen LogP contribution in [0.1, 0.15) is 40.0 Å². The van der Waals surface area contributed by atoms with Gasteiger partial charge in [-0.1, -0.05) is 13.8 Å². The summed E-state index contributed by atoms with van der Waals surface area (Å²) >= 11 is 0. The molecular weight excluding hydrogens is 256 g/mol. The van der Waals surface area contributed by atoms with Crippen LogP contribution in [0.15, 0.2) is 0 Å². The van der Waals surface area contributed by atoms with Gasteiger partial charge in [0.1, 0.15) is 6.54 Å². The fourth-order valence-corrected chi connectivity index (χ4v) is 2.50. The molecule has 5 heteroatoms. The average molecular weight is 284 g/mol. The van der Waals surface area contributed by atoms with Gasteiger partial charge in [-0.3, -0.25) is 9.59 Å². The molecule has 0 aromatic carbocycles. The third-order valence-corrected chi connectivity index (χ3v) is 3.49. The van der Waals surface area contributed by atoms with Crippen LogP contribution in [-0.2, 0) is 14.3 Å². The summed E-state index contributed by atoms with van der Waals surface area (Å²) in [5, 5.41) is 3.31. The van der Waals surface area contributed by atoms with Crippen molar-refractivity contribution < 1.29 is 14.3 Å². The lowest BCUT2D eigenvalue weighted by atomic mass is 10.0. The maximum absolute atomic E-state index is 12.3. The average Bonchev–Trinajstić information content (AvgIpc) is 2.88. The maximum Gasteiger partial charge on any atom is 0.325 e. The second-order valence-corrected chi connectivity index (χ2v) is 5.87. The van der Waals surface area contributed by atoms with Crippen LogP contribution in [0, 0.1) is 11.8 Å². The monoisotopic (exact) mass is 284 g/mol. The van der Waals surface area contributed by atoms with E-state index in [1.807, 2.05) is 13.8 Å². The van der Waals surface area contributed by atoms with Crippen LogP contribution in [0.4, 0.5) is 0 Å². The molecule has 1 atom stereocenters. The number of hydrogen-bond acceptors (Lipinski definition) is 4. The summed E-state index contributed by atoms with van der Waals surface area (Å²) in [7, 11) is 0. The Kier molecular flexibility index (Phi) is 7.59. The van der Waals surface area contributed by atoms with Gasteiger partial charge in [0.25, 0.3) is 0 Å². The minimum atomic E-state index is -0.316. The van der Waals surface area contributed by atoms with Gasteiger partial charge < -0.3 is 15.0 Å². The molecule has 0 radical (unpaired) electrons. The van der Waals surface area contributed by atoms with E-state index in [1.54, 1.807) is 11.8 Å². The summed E-state index contributed by atoms with van der Waals surface area (Å²) in [6.45, 7) is 8.98. The zero-order valence-corrected chi connectivity index (χ0v) is 13.0. The number of ether oxygens (including phenoxy) is 1. The van der Waals surface area contributed by atoms with Gasteiger partial charge in [0.15, 0.2) is 0 Å². The molecule has 0 aromatic heterocycles. The third kappa shape index (κ3) is 6.37.